The van der Waals surface area contributed by atoms with Crippen molar-refractivity contribution in [1.29, 1.82) is 0 Å². The van der Waals surface area contributed by atoms with Crippen LogP contribution in [0.15, 0.2) is 60.7 Å². The molecule has 1 heterocycles. The highest BCUT2D eigenvalue weighted by atomic mass is 35.5. The molecule has 1 amide bonds. The molecule has 26 heavy (non-hydrogen) atoms. The van der Waals surface area contributed by atoms with Crippen LogP contribution in [0.5, 0.6) is 0 Å². The summed E-state index contributed by atoms with van der Waals surface area (Å²) in [6.07, 6.45) is 0.701. The fraction of sp³-hybridized carbons (Fsp3) is 0.150. The van der Waals surface area contributed by atoms with Crippen molar-refractivity contribution in [2.75, 3.05) is 11.9 Å². The Morgan fingerprint density at radius 1 is 1.04 bits per heavy atom. The molecular formula is C20H19ClN4O. The minimum absolute atomic E-state index is 0.249. The number of rotatable bonds is 6. The lowest BCUT2D eigenvalue weighted by Gasteiger charge is -2.07. The second-order valence-corrected chi connectivity index (χ2v) is 6.37. The highest BCUT2D eigenvalue weighted by molar-refractivity contribution is 6.30. The number of nitrogens with one attached hydrogen (secondary N) is 2. The van der Waals surface area contributed by atoms with Gasteiger partial charge in [0.1, 0.15) is 0 Å². The Balaban J connectivity index is 1.52. The lowest BCUT2D eigenvalue weighted by Crippen LogP contribution is -2.26. The Hall–Kier alpha value is -2.92. The molecule has 0 aliphatic rings. The maximum atomic E-state index is 12.1. The van der Waals surface area contributed by atoms with Gasteiger partial charge >= 0.3 is 0 Å². The van der Waals surface area contributed by atoms with Gasteiger partial charge in [0, 0.05) is 17.3 Å². The van der Waals surface area contributed by atoms with Gasteiger partial charge in [-0.25, -0.2) is 0 Å². The van der Waals surface area contributed by atoms with E-state index in [4.69, 9.17) is 11.6 Å². The third kappa shape index (κ3) is 5.04. The topological polar surface area (TPSA) is 66.9 Å². The normalized spacial score (nSPS) is 10.4. The summed E-state index contributed by atoms with van der Waals surface area (Å²) >= 11 is 5.95. The molecule has 3 aromatic rings. The average molecular weight is 367 g/mol. The number of benzene rings is 2. The zero-order chi connectivity index (χ0) is 18.4. The van der Waals surface area contributed by atoms with Gasteiger partial charge < -0.3 is 10.6 Å². The van der Waals surface area contributed by atoms with E-state index in [1.165, 1.54) is 5.56 Å². The molecule has 0 fully saturated rings. The minimum Gasteiger partial charge on any atom is -0.350 e. The number of anilines is 2. The number of aryl methyl sites for hydroxylation is 1. The van der Waals surface area contributed by atoms with Gasteiger partial charge in [-0.2, -0.15) is 0 Å². The van der Waals surface area contributed by atoms with Crippen LogP contribution in [-0.4, -0.2) is 22.6 Å². The standard InChI is InChI=1S/C20H19ClN4O/c1-14-5-7-17(8-6-14)23-19-10-9-18(24-25-19)20(26)22-12-11-15-3-2-4-16(21)13-15/h2-10,13H,11-12H2,1H3,(H,22,26)(H,23,25). The van der Waals surface area contributed by atoms with Crippen molar-refractivity contribution in [3.63, 3.8) is 0 Å². The van der Waals surface area contributed by atoms with Crippen LogP contribution in [0, 0.1) is 6.92 Å². The predicted octanol–water partition coefficient (Wildman–Crippen LogP) is 4.15. The van der Waals surface area contributed by atoms with Crippen molar-refractivity contribution in [1.82, 2.24) is 15.5 Å². The number of hydrogen-bond donors (Lipinski definition) is 2. The zero-order valence-corrected chi connectivity index (χ0v) is 15.1. The number of hydrogen-bond acceptors (Lipinski definition) is 4. The molecule has 0 bridgehead atoms. The molecule has 0 aliphatic heterocycles. The van der Waals surface area contributed by atoms with Crippen molar-refractivity contribution in [3.05, 3.63) is 82.5 Å². The van der Waals surface area contributed by atoms with Crippen LogP contribution in [0.2, 0.25) is 5.02 Å². The molecule has 132 valence electrons. The summed E-state index contributed by atoms with van der Waals surface area (Å²) in [6.45, 7) is 2.54. The first-order valence-corrected chi connectivity index (χ1v) is 8.68. The maximum absolute atomic E-state index is 12.1. The fourth-order valence-electron chi connectivity index (χ4n) is 2.41. The van der Waals surface area contributed by atoms with E-state index in [9.17, 15) is 4.79 Å². The van der Waals surface area contributed by atoms with Gasteiger partial charge in [0.15, 0.2) is 11.5 Å². The Labute approximate surface area is 157 Å². The quantitative estimate of drug-likeness (QED) is 0.687. The molecule has 0 aliphatic carbocycles. The first kappa shape index (κ1) is 17.9. The molecule has 0 radical (unpaired) electrons. The van der Waals surface area contributed by atoms with Crippen LogP contribution in [0.3, 0.4) is 0 Å². The smallest absolute Gasteiger partial charge is 0.271 e. The maximum Gasteiger partial charge on any atom is 0.271 e. The van der Waals surface area contributed by atoms with E-state index in [0.717, 1.165) is 11.3 Å². The molecular weight excluding hydrogens is 348 g/mol. The van der Waals surface area contributed by atoms with E-state index in [-0.39, 0.29) is 11.6 Å². The third-order valence-electron chi connectivity index (χ3n) is 3.81. The van der Waals surface area contributed by atoms with Crippen LogP contribution in [0.25, 0.3) is 0 Å². The fourth-order valence-corrected chi connectivity index (χ4v) is 2.62. The highest BCUT2D eigenvalue weighted by Gasteiger charge is 2.08. The molecule has 2 aromatic carbocycles. The van der Waals surface area contributed by atoms with Crippen molar-refractivity contribution < 1.29 is 4.79 Å². The molecule has 0 saturated heterocycles. The van der Waals surface area contributed by atoms with E-state index < -0.39 is 0 Å². The summed E-state index contributed by atoms with van der Waals surface area (Å²) < 4.78 is 0. The van der Waals surface area contributed by atoms with Gasteiger partial charge in [-0.15, -0.1) is 10.2 Å². The Morgan fingerprint density at radius 3 is 2.54 bits per heavy atom. The Bertz CT molecular complexity index is 879. The molecule has 0 saturated carbocycles. The van der Waals surface area contributed by atoms with Gasteiger partial charge in [0.2, 0.25) is 0 Å². The molecule has 3 rings (SSSR count). The van der Waals surface area contributed by atoms with E-state index in [1.54, 1.807) is 12.1 Å². The predicted molar refractivity (Wildman–Crippen MR) is 104 cm³/mol. The van der Waals surface area contributed by atoms with Crippen molar-refractivity contribution in [2.45, 2.75) is 13.3 Å². The molecule has 0 atom stereocenters. The second kappa shape index (κ2) is 8.45. The lowest BCUT2D eigenvalue weighted by molar-refractivity contribution is 0.0948. The summed E-state index contributed by atoms with van der Waals surface area (Å²) in [5.41, 5.74) is 3.46. The van der Waals surface area contributed by atoms with Gasteiger partial charge in [-0.3, -0.25) is 4.79 Å². The molecule has 5 nitrogen and oxygen atoms in total. The number of nitrogens with zero attached hydrogens (tertiary/aromatic N) is 2. The molecule has 2 N–H and O–H groups in total. The summed E-state index contributed by atoms with van der Waals surface area (Å²) in [5, 5.41) is 14.7. The van der Waals surface area contributed by atoms with E-state index >= 15 is 0 Å². The average Bonchev–Trinajstić information content (AvgIpc) is 2.64. The number of aromatic nitrogens is 2. The van der Waals surface area contributed by atoms with E-state index in [1.807, 2.05) is 55.5 Å². The van der Waals surface area contributed by atoms with Crippen molar-refractivity contribution in [3.8, 4) is 0 Å². The molecule has 0 spiro atoms. The van der Waals surface area contributed by atoms with E-state index in [2.05, 4.69) is 20.8 Å². The monoisotopic (exact) mass is 366 g/mol. The van der Waals surface area contributed by atoms with Crippen molar-refractivity contribution >= 4 is 29.0 Å². The third-order valence-corrected chi connectivity index (χ3v) is 4.04. The van der Waals surface area contributed by atoms with Crippen LogP contribution in [-0.2, 0) is 6.42 Å². The van der Waals surface area contributed by atoms with Crippen LogP contribution in [0.4, 0.5) is 11.5 Å². The summed E-state index contributed by atoms with van der Waals surface area (Å²) in [4.78, 5) is 12.1. The van der Waals surface area contributed by atoms with Gasteiger partial charge in [-0.1, -0.05) is 41.4 Å². The van der Waals surface area contributed by atoms with Crippen LogP contribution >= 0.6 is 11.6 Å². The number of carbonyl (C=O) groups excluding carboxylic acids is 1. The summed E-state index contributed by atoms with van der Waals surface area (Å²) in [7, 11) is 0. The highest BCUT2D eigenvalue weighted by Crippen LogP contribution is 2.14. The molecule has 6 heteroatoms. The number of amides is 1. The summed E-state index contributed by atoms with van der Waals surface area (Å²) in [5.74, 6) is 0.339. The van der Waals surface area contributed by atoms with Gasteiger partial charge in [0.25, 0.3) is 5.91 Å². The number of halogens is 1. The van der Waals surface area contributed by atoms with Crippen molar-refractivity contribution in [2.24, 2.45) is 0 Å². The van der Waals surface area contributed by atoms with Crippen LogP contribution < -0.4 is 10.6 Å². The number of carbonyl (C=O) groups is 1. The first-order valence-electron chi connectivity index (χ1n) is 8.30. The first-order chi connectivity index (χ1) is 12.6. The van der Waals surface area contributed by atoms with Crippen LogP contribution in [0.1, 0.15) is 21.6 Å². The second-order valence-electron chi connectivity index (χ2n) is 5.93. The summed E-state index contributed by atoms with van der Waals surface area (Å²) in [6, 6.07) is 18.9. The SMILES string of the molecule is Cc1ccc(Nc2ccc(C(=O)NCCc3cccc(Cl)c3)nn2)cc1. The molecule has 0 unspecified atom stereocenters. The van der Waals surface area contributed by atoms with Gasteiger partial charge in [0.05, 0.1) is 0 Å². The van der Waals surface area contributed by atoms with Gasteiger partial charge in [-0.05, 0) is 55.3 Å². The Morgan fingerprint density at radius 2 is 1.85 bits per heavy atom. The Kier molecular flexibility index (Phi) is 5.81. The largest absolute Gasteiger partial charge is 0.350 e. The minimum atomic E-state index is -0.249. The van der Waals surface area contributed by atoms with E-state index in [0.29, 0.717) is 23.8 Å². The molecule has 1 aromatic heterocycles. The zero-order valence-electron chi connectivity index (χ0n) is 14.4. The lowest BCUT2D eigenvalue weighted by atomic mass is 10.1.